The number of nitrogens with zero attached hydrogens (tertiary/aromatic N) is 4. The predicted molar refractivity (Wildman–Crippen MR) is 101 cm³/mol. The van der Waals surface area contributed by atoms with Crippen molar-refractivity contribution in [1.29, 1.82) is 0 Å². The first-order valence-electron chi connectivity index (χ1n) is 8.90. The molecule has 0 saturated carbocycles. The number of hydrogen-bond acceptors (Lipinski definition) is 5. The molecule has 0 spiro atoms. The van der Waals surface area contributed by atoms with Crippen molar-refractivity contribution in [3.63, 3.8) is 0 Å². The number of benzene rings is 1. The number of piperazine rings is 1. The first-order valence-corrected chi connectivity index (χ1v) is 8.90. The fraction of sp³-hybridized carbons (Fsp3) is 0.556. The fourth-order valence-electron chi connectivity index (χ4n) is 3.07. The van der Waals surface area contributed by atoms with Crippen molar-refractivity contribution < 1.29 is 14.3 Å². The Bertz CT molecular complexity index is 671. The standard InChI is InChI=1S/C18H27N5O3/c1-20(2)6-7-22-8-10-23(11-9-22)18(25)19-14-4-5-15-16(12-14)26-13-17(24)21(15)3/h4-5,12H,6-11,13H2,1-3H3,(H,19,25). The van der Waals surface area contributed by atoms with Crippen molar-refractivity contribution in [2.75, 3.05) is 77.2 Å². The van der Waals surface area contributed by atoms with Crippen LogP contribution in [0.4, 0.5) is 16.2 Å². The molecule has 8 heteroatoms. The average molecular weight is 361 g/mol. The molecule has 2 aliphatic heterocycles. The minimum Gasteiger partial charge on any atom is -0.481 e. The van der Waals surface area contributed by atoms with Crippen LogP contribution < -0.4 is 15.0 Å². The second-order valence-electron chi connectivity index (χ2n) is 6.99. The molecule has 1 aromatic carbocycles. The van der Waals surface area contributed by atoms with Gasteiger partial charge in [0, 0.05) is 58.1 Å². The summed E-state index contributed by atoms with van der Waals surface area (Å²) in [4.78, 5) is 32.1. The fourth-order valence-corrected chi connectivity index (χ4v) is 3.07. The summed E-state index contributed by atoms with van der Waals surface area (Å²) in [6.45, 7) is 5.30. The topological polar surface area (TPSA) is 68.4 Å². The van der Waals surface area contributed by atoms with Crippen LogP contribution in [0.3, 0.4) is 0 Å². The number of urea groups is 1. The van der Waals surface area contributed by atoms with Crippen molar-refractivity contribution >= 4 is 23.3 Å². The smallest absolute Gasteiger partial charge is 0.321 e. The molecule has 0 aromatic heterocycles. The highest BCUT2D eigenvalue weighted by Gasteiger charge is 2.24. The molecule has 26 heavy (non-hydrogen) atoms. The third kappa shape index (κ3) is 4.25. The van der Waals surface area contributed by atoms with E-state index in [0.717, 1.165) is 39.3 Å². The van der Waals surface area contributed by atoms with Gasteiger partial charge in [0.15, 0.2) is 6.61 Å². The van der Waals surface area contributed by atoms with Crippen LogP contribution in [0.15, 0.2) is 18.2 Å². The lowest BCUT2D eigenvalue weighted by Crippen LogP contribution is -2.51. The Balaban J connectivity index is 1.54. The van der Waals surface area contributed by atoms with Gasteiger partial charge in [-0.15, -0.1) is 0 Å². The zero-order valence-electron chi connectivity index (χ0n) is 15.7. The van der Waals surface area contributed by atoms with Gasteiger partial charge >= 0.3 is 6.03 Å². The number of rotatable bonds is 4. The molecule has 2 aliphatic rings. The monoisotopic (exact) mass is 361 g/mol. The third-order valence-corrected chi connectivity index (χ3v) is 4.82. The van der Waals surface area contributed by atoms with Gasteiger partial charge in [-0.3, -0.25) is 9.69 Å². The number of likely N-dealkylation sites (N-methyl/N-ethyl adjacent to an activating group) is 2. The number of carbonyl (C=O) groups excluding carboxylic acids is 2. The summed E-state index contributed by atoms with van der Waals surface area (Å²) in [7, 11) is 5.86. The van der Waals surface area contributed by atoms with E-state index in [0.29, 0.717) is 17.1 Å². The van der Waals surface area contributed by atoms with Gasteiger partial charge < -0.3 is 24.8 Å². The maximum absolute atomic E-state index is 12.5. The summed E-state index contributed by atoms with van der Waals surface area (Å²) in [5.41, 5.74) is 1.39. The van der Waals surface area contributed by atoms with Crippen LogP contribution >= 0.6 is 0 Å². The lowest BCUT2D eigenvalue weighted by molar-refractivity contribution is -0.120. The highest BCUT2D eigenvalue weighted by Crippen LogP contribution is 2.33. The van der Waals surface area contributed by atoms with Crippen LogP contribution in [-0.4, -0.2) is 93.7 Å². The number of ether oxygens (including phenoxy) is 1. The highest BCUT2D eigenvalue weighted by atomic mass is 16.5. The number of fused-ring (bicyclic) bond motifs is 1. The van der Waals surface area contributed by atoms with Gasteiger partial charge in [0.25, 0.3) is 5.91 Å². The molecule has 0 atom stereocenters. The molecule has 0 unspecified atom stereocenters. The maximum Gasteiger partial charge on any atom is 0.321 e. The second kappa shape index (κ2) is 7.92. The molecule has 3 amide bonds. The Hall–Kier alpha value is -2.32. The second-order valence-corrected chi connectivity index (χ2v) is 6.99. The zero-order valence-corrected chi connectivity index (χ0v) is 15.7. The Kier molecular flexibility index (Phi) is 5.63. The molecule has 0 aliphatic carbocycles. The van der Waals surface area contributed by atoms with E-state index in [-0.39, 0.29) is 18.5 Å². The molecule has 1 fully saturated rings. The lowest BCUT2D eigenvalue weighted by Gasteiger charge is -2.35. The van der Waals surface area contributed by atoms with Crippen molar-refractivity contribution in [3.05, 3.63) is 18.2 Å². The highest BCUT2D eigenvalue weighted by molar-refractivity contribution is 5.98. The number of amides is 3. The Morgan fingerprint density at radius 1 is 1.23 bits per heavy atom. The van der Waals surface area contributed by atoms with Crippen LogP contribution in [0.25, 0.3) is 0 Å². The average Bonchev–Trinajstić information content (AvgIpc) is 2.63. The molecule has 1 aromatic rings. The van der Waals surface area contributed by atoms with E-state index in [1.54, 1.807) is 30.1 Å². The zero-order chi connectivity index (χ0) is 18.7. The van der Waals surface area contributed by atoms with E-state index in [4.69, 9.17) is 4.74 Å². The first kappa shape index (κ1) is 18.5. The molecule has 8 nitrogen and oxygen atoms in total. The van der Waals surface area contributed by atoms with Crippen LogP contribution in [0.1, 0.15) is 0 Å². The number of carbonyl (C=O) groups is 2. The van der Waals surface area contributed by atoms with Gasteiger partial charge in [-0.05, 0) is 26.2 Å². The van der Waals surface area contributed by atoms with Gasteiger partial charge in [0.2, 0.25) is 0 Å². The van der Waals surface area contributed by atoms with E-state index in [1.807, 2.05) is 4.90 Å². The maximum atomic E-state index is 12.5. The lowest BCUT2D eigenvalue weighted by atomic mass is 10.2. The van der Waals surface area contributed by atoms with Gasteiger partial charge in [0.1, 0.15) is 5.75 Å². The van der Waals surface area contributed by atoms with Gasteiger partial charge in [-0.2, -0.15) is 0 Å². The van der Waals surface area contributed by atoms with Crippen molar-refractivity contribution in [2.45, 2.75) is 0 Å². The molecule has 3 rings (SSSR count). The summed E-state index contributed by atoms with van der Waals surface area (Å²) in [6.07, 6.45) is 0. The van der Waals surface area contributed by atoms with Gasteiger partial charge in [-0.25, -0.2) is 4.79 Å². The SMILES string of the molecule is CN(C)CCN1CCN(C(=O)Nc2ccc3c(c2)OCC(=O)N3C)CC1. The van der Waals surface area contributed by atoms with E-state index >= 15 is 0 Å². The first-order chi connectivity index (χ1) is 12.4. The van der Waals surface area contributed by atoms with Crippen LogP contribution in [0.5, 0.6) is 5.75 Å². The molecule has 1 saturated heterocycles. The molecule has 2 heterocycles. The van der Waals surface area contributed by atoms with Crippen molar-refractivity contribution in [2.24, 2.45) is 0 Å². The Morgan fingerprint density at radius 2 is 1.96 bits per heavy atom. The van der Waals surface area contributed by atoms with E-state index < -0.39 is 0 Å². The Morgan fingerprint density at radius 3 is 2.65 bits per heavy atom. The quantitative estimate of drug-likeness (QED) is 0.857. The molecule has 0 radical (unpaired) electrons. The van der Waals surface area contributed by atoms with E-state index in [2.05, 4.69) is 29.2 Å². The van der Waals surface area contributed by atoms with E-state index in [1.165, 1.54) is 0 Å². The predicted octanol–water partition coefficient (Wildman–Crippen LogP) is 0.753. The van der Waals surface area contributed by atoms with Crippen LogP contribution in [0, 0.1) is 0 Å². The molecule has 142 valence electrons. The number of nitrogens with one attached hydrogen (secondary N) is 1. The van der Waals surface area contributed by atoms with Crippen LogP contribution in [0.2, 0.25) is 0 Å². The molecule has 0 bridgehead atoms. The molecular formula is C18H27N5O3. The largest absolute Gasteiger partial charge is 0.481 e. The minimum atomic E-state index is -0.0996. The molecule has 1 N–H and O–H groups in total. The normalized spacial score (nSPS) is 17.9. The summed E-state index contributed by atoms with van der Waals surface area (Å²) >= 11 is 0. The summed E-state index contributed by atoms with van der Waals surface area (Å²) in [5.74, 6) is 0.528. The van der Waals surface area contributed by atoms with Crippen LogP contribution in [-0.2, 0) is 4.79 Å². The third-order valence-electron chi connectivity index (χ3n) is 4.82. The summed E-state index contributed by atoms with van der Waals surface area (Å²) in [6, 6.07) is 5.25. The summed E-state index contributed by atoms with van der Waals surface area (Å²) < 4.78 is 5.47. The van der Waals surface area contributed by atoms with Crippen molar-refractivity contribution in [3.8, 4) is 5.75 Å². The van der Waals surface area contributed by atoms with E-state index in [9.17, 15) is 9.59 Å². The van der Waals surface area contributed by atoms with Gasteiger partial charge in [-0.1, -0.05) is 0 Å². The van der Waals surface area contributed by atoms with Gasteiger partial charge in [0.05, 0.1) is 5.69 Å². The number of anilines is 2. The van der Waals surface area contributed by atoms with Crippen molar-refractivity contribution in [1.82, 2.24) is 14.7 Å². The minimum absolute atomic E-state index is 0.0236. The number of hydrogen-bond donors (Lipinski definition) is 1. The Labute approximate surface area is 154 Å². The molecular weight excluding hydrogens is 334 g/mol. The summed E-state index contributed by atoms with van der Waals surface area (Å²) in [5, 5.41) is 2.93.